The smallest absolute Gasteiger partial charge is 0.326 e. The van der Waals surface area contributed by atoms with Crippen LogP contribution in [-0.4, -0.2) is 74.5 Å². The van der Waals surface area contributed by atoms with Crippen molar-refractivity contribution in [2.24, 2.45) is 5.73 Å². The van der Waals surface area contributed by atoms with Crippen molar-refractivity contribution < 1.29 is 29.0 Å². The molecule has 122 valence electrons. The molecular weight excluding hydrogens is 282 g/mol. The Morgan fingerprint density at radius 3 is 2.29 bits per heavy atom. The van der Waals surface area contributed by atoms with Crippen LogP contribution in [0.2, 0.25) is 0 Å². The topological polar surface area (TPSA) is 131 Å². The molecule has 0 spiro atoms. The summed E-state index contributed by atoms with van der Waals surface area (Å²) < 4.78 is 9.81. The highest BCUT2D eigenvalue weighted by Gasteiger charge is 2.24. The van der Waals surface area contributed by atoms with Crippen LogP contribution in [-0.2, 0) is 19.1 Å². The average molecular weight is 305 g/mol. The van der Waals surface area contributed by atoms with Gasteiger partial charge in [-0.2, -0.15) is 0 Å². The van der Waals surface area contributed by atoms with Gasteiger partial charge in [-0.3, -0.25) is 4.79 Å². The largest absolute Gasteiger partial charge is 0.480 e. The Morgan fingerprint density at radius 2 is 1.81 bits per heavy atom. The third kappa shape index (κ3) is 8.82. The number of nitrogens with one attached hydrogen (secondary N) is 1. The quantitative estimate of drug-likeness (QED) is 0.420. The fraction of sp³-hybridized carbons (Fsp3) is 0.750. The molecular formula is C12H23N3O6. The van der Waals surface area contributed by atoms with Gasteiger partial charge in [0.2, 0.25) is 5.91 Å². The van der Waals surface area contributed by atoms with Crippen molar-refractivity contribution in [1.82, 2.24) is 10.2 Å². The summed E-state index contributed by atoms with van der Waals surface area (Å²) in [6.45, 7) is 1.47. The van der Waals surface area contributed by atoms with Crippen molar-refractivity contribution in [1.29, 1.82) is 0 Å². The van der Waals surface area contributed by atoms with E-state index in [9.17, 15) is 14.4 Å². The van der Waals surface area contributed by atoms with Gasteiger partial charge in [0, 0.05) is 33.9 Å². The summed E-state index contributed by atoms with van der Waals surface area (Å²) in [6, 6.07) is -1.93. The molecule has 0 bridgehead atoms. The summed E-state index contributed by atoms with van der Waals surface area (Å²) in [4.78, 5) is 35.2. The second kappa shape index (κ2) is 10.9. The van der Waals surface area contributed by atoms with Crippen LogP contribution in [0.15, 0.2) is 0 Å². The van der Waals surface area contributed by atoms with Gasteiger partial charge < -0.3 is 30.5 Å². The number of amides is 3. The van der Waals surface area contributed by atoms with Gasteiger partial charge in [-0.1, -0.05) is 0 Å². The van der Waals surface area contributed by atoms with Gasteiger partial charge in [-0.15, -0.1) is 0 Å². The summed E-state index contributed by atoms with van der Waals surface area (Å²) >= 11 is 0. The first-order chi connectivity index (χ1) is 9.92. The zero-order chi connectivity index (χ0) is 16.3. The molecule has 0 aliphatic heterocycles. The second-order valence-electron chi connectivity index (χ2n) is 4.34. The summed E-state index contributed by atoms with van der Waals surface area (Å²) in [7, 11) is 3.05. The third-order valence-corrected chi connectivity index (χ3v) is 2.63. The monoisotopic (exact) mass is 305 g/mol. The molecule has 0 saturated heterocycles. The van der Waals surface area contributed by atoms with Crippen molar-refractivity contribution >= 4 is 17.9 Å². The van der Waals surface area contributed by atoms with Crippen molar-refractivity contribution in [2.75, 3.05) is 40.5 Å². The van der Waals surface area contributed by atoms with Gasteiger partial charge in [0.25, 0.3) is 0 Å². The summed E-state index contributed by atoms with van der Waals surface area (Å²) in [5, 5.41) is 11.2. The lowest BCUT2D eigenvalue weighted by Crippen LogP contribution is -2.50. The first-order valence-corrected chi connectivity index (χ1v) is 6.46. The SMILES string of the molecule is COCCCN(CCOC)C(=O)NC(CC(N)=O)C(=O)O. The fourth-order valence-electron chi connectivity index (χ4n) is 1.56. The van der Waals surface area contributed by atoms with Gasteiger partial charge in [-0.05, 0) is 6.42 Å². The molecule has 0 aromatic rings. The molecule has 0 rings (SSSR count). The minimum Gasteiger partial charge on any atom is -0.480 e. The number of urea groups is 1. The minimum atomic E-state index is -1.34. The second-order valence-corrected chi connectivity index (χ2v) is 4.34. The zero-order valence-corrected chi connectivity index (χ0v) is 12.3. The van der Waals surface area contributed by atoms with Crippen molar-refractivity contribution in [3.63, 3.8) is 0 Å². The van der Waals surface area contributed by atoms with Crippen LogP contribution in [0.1, 0.15) is 12.8 Å². The van der Waals surface area contributed by atoms with Gasteiger partial charge in [0.15, 0.2) is 0 Å². The molecule has 0 aromatic carbocycles. The number of hydrogen-bond donors (Lipinski definition) is 3. The standard InChI is InChI=1S/C12H23N3O6/c1-20-6-3-4-15(5-7-21-2)12(19)14-9(11(17)18)8-10(13)16/h9H,3-8H2,1-2H3,(H2,13,16)(H,14,19)(H,17,18). The predicted octanol–water partition coefficient (Wildman–Crippen LogP) is -0.990. The van der Waals surface area contributed by atoms with E-state index in [2.05, 4.69) is 5.32 Å². The number of ether oxygens (including phenoxy) is 2. The Labute approximate surface area is 123 Å². The molecule has 0 aliphatic rings. The first kappa shape index (κ1) is 19.1. The maximum Gasteiger partial charge on any atom is 0.326 e. The predicted molar refractivity (Wildman–Crippen MR) is 73.7 cm³/mol. The molecule has 9 nitrogen and oxygen atoms in total. The number of primary amides is 1. The number of aliphatic carboxylic acids is 1. The average Bonchev–Trinajstić information content (AvgIpc) is 2.41. The van der Waals surface area contributed by atoms with E-state index in [0.29, 0.717) is 32.7 Å². The molecule has 3 amide bonds. The number of carbonyl (C=O) groups excluding carboxylic acids is 2. The van der Waals surface area contributed by atoms with Crippen molar-refractivity contribution in [2.45, 2.75) is 18.9 Å². The van der Waals surface area contributed by atoms with E-state index in [1.807, 2.05) is 0 Å². The molecule has 0 heterocycles. The van der Waals surface area contributed by atoms with Crippen LogP contribution in [0.4, 0.5) is 4.79 Å². The molecule has 1 unspecified atom stereocenters. The van der Waals surface area contributed by atoms with E-state index >= 15 is 0 Å². The van der Waals surface area contributed by atoms with E-state index in [1.54, 1.807) is 7.11 Å². The number of carbonyl (C=O) groups is 3. The summed E-state index contributed by atoms with van der Waals surface area (Å²) in [5.74, 6) is -2.11. The molecule has 0 saturated carbocycles. The molecule has 0 aliphatic carbocycles. The van der Waals surface area contributed by atoms with E-state index < -0.39 is 30.4 Å². The highest BCUT2D eigenvalue weighted by Crippen LogP contribution is 1.98. The molecule has 0 radical (unpaired) electrons. The normalized spacial score (nSPS) is 11.7. The van der Waals surface area contributed by atoms with Gasteiger partial charge in [0.1, 0.15) is 6.04 Å². The van der Waals surface area contributed by atoms with E-state index in [-0.39, 0.29) is 0 Å². The van der Waals surface area contributed by atoms with Crippen LogP contribution < -0.4 is 11.1 Å². The zero-order valence-electron chi connectivity index (χ0n) is 12.3. The molecule has 0 aromatic heterocycles. The lowest BCUT2D eigenvalue weighted by molar-refractivity contribution is -0.141. The number of methoxy groups -OCH3 is 2. The Morgan fingerprint density at radius 1 is 1.19 bits per heavy atom. The first-order valence-electron chi connectivity index (χ1n) is 6.46. The number of rotatable bonds is 11. The minimum absolute atomic E-state index is 0.301. The molecule has 9 heteroatoms. The Hall–Kier alpha value is -1.87. The number of hydrogen-bond acceptors (Lipinski definition) is 5. The van der Waals surface area contributed by atoms with Crippen LogP contribution in [0.3, 0.4) is 0 Å². The van der Waals surface area contributed by atoms with Gasteiger partial charge >= 0.3 is 12.0 Å². The lowest BCUT2D eigenvalue weighted by Gasteiger charge is -2.24. The highest BCUT2D eigenvalue weighted by atomic mass is 16.5. The highest BCUT2D eigenvalue weighted by molar-refractivity contribution is 5.87. The molecule has 4 N–H and O–H groups in total. The van der Waals surface area contributed by atoms with E-state index in [1.165, 1.54) is 12.0 Å². The van der Waals surface area contributed by atoms with E-state index in [0.717, 1.165) is 0 Å². The maximum absolute atomic E-state index is 12.0. The molecule has 0 fully saturated rings. The van der Waals surface area contributed by atoms with Crippen LogP contribution in [0, 0.1) is 0 Å². The number of nitrogens with two attached hydrogens (primary N) is 1. The van der Waals surface area contributed by atoms with E-state index in [4.69, 9.17) is 20.3 Å². The number of carboxylic acids is 1. The van der Waals surface area contributed by atoms with Crippen LogP contribution in [0.5, 0.6) is 0 Å². The number of carboxylic acid groups (broad SMARTS) is 1. The Balaban J connectivity index is 4.59. The van der Waals surface area contributed by atoms with Crippen molar-refractivity contribution in [3.05, 3.63) is 0 Å². The van der Waals surface area contributed by atoms with Crippen LogP contribution in [0.25, 0.3) is 0 Å². The Bertz CT molecular complexity index is 350. The summed E-state index contributed by atoms with van der Waals surface area (Å²) in [6.07, 6.45) is 0.137. The Kier molecular flexibility index (Phi) is 9.90. The fourth-order valence-corrected chi connectivity index (χ4v) is 1.56. The maximum atomic E-state index is 12.0. The van der Waals surface area contributed by atoms with Gasteiger partial charge in [-0.25, -0.2) is 9.59 Å². The third-order valence-electron chi connectivity index (χ3n) is 2.63. The lowest BCUT2D eigenvalue weighted by atomic mass is 10.2. The number of nitrogens with zero attached hydrogens (tertiary/aromatic N) is 1. The van der Waals surface area contributed by atoms with Crippen LogP contribution >= 0.6 is 0 Å². The molecule has 1 atom stereocenters. The molecule has 21 heavy (non-hydrogen) atoms. The van der Waals surface area contributed by atoms with Gasteiger partial charge in [0.05, 0.1) is 13.0 Å². The van der Waals surface area contributed by atoms with Crippen molar-refractivity contribution in [3.8, 4) is 0 Å². The summed E-state index contributed by atoms with van der Waals surface area (Å²) in [5.41, 5.74) is 4.96.